The molecule has 1 aromatic rings. The first-order valence-electron chi connectivity index (χ1n) is 9.76. The molecule has 27 heavy (non-hydrogen) atoms. The number of para-hydroxylation sites is 1. The number of carbonyl (C=O) groups is 1. The lowest BCUT2D eigenvalue weighted by atomic mass is 9.55. The number of carbonyl (C=O) groups excluding carboxylic acids is 1. The van der Waals surface area contributed by atoms with E-state index in [1.165, 1.54) is 7.11 Å². The third kappa shape index (κ3) is 1.25. The zero-order chi connectivity index (χ0) is 18.9. The van der Waals surface area contributed by atoms with Crippen LogP contribution in [0.4, 0.5) is 5.69 Å². The first-order chi connectivity index (χ1) is 12.8. The maximum Gasteiger partial charge on any atom is 0.340 e. The second kappa shape index (κ2) is 4.24. The predicted molar refractivity (Wildman–Crippen MR) is 98.6 cm³/mol. The van der Waals surface area contributed by atoms with Gasteiger partial charge in [0.1, 0.15) is 6.04 Å². The summed E-state index contributed by atoms with van der Waals surface area (Å²) in [6.45, 7) is 3.08. The van der Waals surface area contributed by atoms with E-state index in [2.05, 4.69) is 24.4 Å². The number of anilines is 1. The maximum atomic E-state index is 13.9. The highest BCUT2D eigenvalue weighted by atomic mass is 16.6. The molecule has 7 atom stereocenters. The summed E-state index contributed by atoms with van der Waals surface area (Å²) in [5, 5.41) is 29.4. The molecule has 2 N–H and O–H groups in total. The highest BCUT2D eigenvalue weighted by molar-refractivity contribution is 5.88. The van der Waals surface area contributed by atoms with Crippen molar-refractivity contribution in [3.8, 4) is 0 Å². The average Bonchev–Trinajstić information content (AvgIpc) is 3.26. The molecule has 3 fully saturated rings. The number of ether oxygens (including phenoxy) is 1. The number of nitrogens with one attached hydrogen (secondary N) is 1. The van der Waals surface area contributed by atoms with E-state index in [9.17, 15) is 15.1 Å². The Bertz CT molecular complexity index is 933. The van der Waals surface area contributed by atoms with Crippen molar-refractivity contribution in [3.63, 3.8) is 0 Å². The Balaban J connectivity index is 1.74. The first-order valence-corrected chi connectivity index (χ1v) is 9.76. The molecule has 2 saturated carbocycles. The van der Waals surface area contributed by atoms with Crippen LogP contribution in [0.15, 0.2) is 36.4 Å². The molecule has 6 heteroatoms. The van der Waals surface area contributed by atoms with Crippen LogP contribution in [0.1, 0.15) is 25.3 Å². The highest BCUT2D eigenvalue weighted by Gasteiger charge is 2.93. The van der Waals surface area contributed by atoms with Crippen molar-refractivity contribution in [3.05, 3.63) is 47.2 Å². The maximum absolute atomic E-state index is 13.9. The van der Waals surface area contributed by atoms with Crippen LogP contribution >= 0.6 is 0 Å². The van der Waals surface area contributed by atoms with E-state index in [1.54, 1.807) is 0 Å². The molecule has 2 aliphatic carbocycles. The topological polar surface area (TPSA) is 81.6 Å². The largest absolute Gasteiger partial charge is 0.632 e. The van der Waals surface area contributed by atoms with Crippen LogP contribution in [0, 0.1) is 16.5 Å². The lowest BCUT2D eigenvalue weighted by molar-refractivity contribution is -0.898. The average molecular weight is 368 g/mol. The van der Waals surface area contributed by atoms with E-state index < -0.39 is 27.9 Å². The molecule has 3 heterocycles. The number of aliphatic hydroxyl groups is 1. The van der Waals surface area contributed by atoms with Gasteiger partial charge < -0.3 is 25.0 Å². The van der Waals surface area contributed by atoms with Crippen molar-refractivity contribution in [2.45, 2.75) is 42.4 Å². The Kier molecular flexibility index (Phi) is 2.53. The zero-order valence-corrected chi connectivity index (χ0v) is 15.6. The van der Waals surface area contributed by atoms with Crippen LogP contribution in [0.2, 0.25) is 0 Å². The molecule has 1 saturated heterocycles. The Morgan fingerprint density at radius 3 is 2.96 bits per heavy atom. The standard InChI is InChI=1S/C21H24N2O4/c1-13-18-8-5-10-23(26)11-9-19(16(18)23)14-6-3-4-7-15(14)22-21(13,19)20(25,12-18)17(24)27-2/h3-8,13,16,22,25H,9-12H2,1-2H3/t13?,16?,18?,19-,20+,21?,23?/m1/s1. The fraction of sp³-hybridized carbons (Fsp3) is 0.571. The monoisotopic (exact) mass is 368 g/mol. The molecule has 6 rings (SSSR count). The Morgan fingerprint density at radius 1 is 1.41 bits per heavy atom. The van der Waals surface area contributed by atoms with E-state index in [-0.39, 0.29) is 23.0 Å². The molecule has 0 radical (unpaired) electrons. The van der Waals surface area contributed by atoms with E-state index in [0.29, 0.717) is 19.5 Å². The summed E-state index contributed by atoms with van der Waals surface area (Å²) in [5.74, 6) is -0.672. The normalized spacial score (nSPS) is 52.9. The van der Waals surface area contributed by atoms with Crippen LogP contribution in [0.3, 0.4) is 0 Å². The fourth-order valence-electron chi connectivity index (χ4n) is 8.28. The Labute approximate surface area is 158 Å². The minimum atomic E-state index is -1.67. The van der Waals surface area contributed by atoms with Gasteiger partial charge in [0.2, 0.25) is 0 Å². The van der Waals surface area contributed by atoms with Gasteiger partial charge in [0.25, 0.3) is 0 Å². The van der Waals surface area contributed by atoms with Gasteiger partial charge in [0.05, 0.1) is 36.6 Å². The molecule has 5 aliphatic rings. The molecular weight excluding hydrogens is 344 g/mol. The number of esters is 1. The Hall–Kier alpha value is -1.89. The third-order valence-electron chi connectivity index (χ3n) is 8.81. The molecule has 1 aromatic carbocycles. The van der Waals surface area contributed by atoms with Gasteiger partial charge in [-0.3, -0.25) is 0 Å². The second-order valence-electron chi connectivity index (χ2n) is 9.23. The van der Waals surface area contributed by atoms with Crippen molar-refractivity contribution < 1.29 is 19.3 Å². The minimum absolute atomic E-state index is 0.0743. The number of benzene rings is 1. The summed E-state index contributed by atoms with van der Waals surface area (Å²) in [6.07, 6.45) is 5.01. The van der Waals surface area contributed by atoms with Gasteiger partial charge in [0.15, 0.2) is 5.60 Å². The van der Waals surface area contributed by atoms with Crippen LogP contribution in [-0.2, 0) is 14.9 Å². The second-order valence-corrected chi connectivity index (χ2v) is 9.23. The summed E-state index contributed by atoms with van der Waals surface area (Å²) < 4.78 is 4.85. The molecule has 3 aliphatic heterocycles. The summed E-state index contributed by atoms with van der Waals surface area (Å²) in [7, 11) is 1.33. The lowest BCUT2D eigenvalue weighted by Gasteiger charge is -2.57. The molecule has 5 unspecified atom stereocenters. The molecule has 2 bridgehead atoms. The summed E-state index contributed by atoms with van der Waals surface area (Å²) in [5.41, 5.74) is -1.67. The number of quaternary nitrogens is 1. The van der Waals surface area contributed by atoms with Crippen molar-refractivity contribution >= 4 is 11.7 Å². The van der Waals surface area contributed by atoms with Crippen molar-refractivity contribution in [2.24, 2.45) is 11.3 Å². The quantitative estimate of drug-likeness (QED) is 0.341. The number of hydrogen-bond acceptors (Lipinski definition) is 5. The third-order valence-corrected chi connectivity index (χ3v) is 8.81. The van der Waals surface area contributed by atoms with Gasteiger partial charge in [0, 0.05) is 18.5 Å². The van der Waals surface area contributed by atoms with Crippen molar-refractivity contribution in [2.75, 3.05) is 25.5 Å². The minimum Gasteiger partial charge on any atom is -0.632 e. The zero-order valence-electron chi connectivity index (χ0n) is 15.6. The smallest absolute Gasteiger partial charge is 0.340 e. The van der Waals surface area contributed by atoms with Gasteiger partial charge in [-0.1, -0.05) is 31.2 Å². The molecule has 142 valence electrons. The van der Waals surface area contributed by atoms with Gasteiger partial charge in [-0.25, -0.2) is 4.79 Å². The number of hydrogen-bond donors (Lipinski definition) is 2. The van der Waals surface area contributed by atoms with E-state index in [0.717, 1.165) is 11.3 Å². The summed E-state index contributed by atoms with van der Waals surface area (Å²) >= 11 is 0. The Morgan fingerprint density at radius 2 is 2.19 bits per heavy atom. The predicted octanol–water partition coefficient (Wildman–Crippen LogP) is 1.69. The molecule has 6 nitrogen and oxygen atoms in total. The number of methoxy groups -OCH3 is 1. The van der Waals surface area contributed by atoms with Crippen molar-refractivity contribution in [1.29, 1.82) is 0 Å². The van der Waals surface area contributed by atoms with Gasteiger partial charge in [-0.05, 0) is 23.6 Å². The molecule has 0 aromatic heterocycles. The van der Waals surface area contributed by atoms with E-state index >= 15 is 0 Å². The number of fused-ring (bicyclic) bond motifs is 1. The van der Waals surface area contributed by atoms with Crippen LogP contribution in [0.5, 0.6) is 0 Å². The van der Waals surface area contributed by atoms with Crippen LogP contribution < -0.4 is 5.32 Å². The van der Waals surface area contributed by atoms with Gasteiger partial charge in [-0.2, -0.15) is 0 Å². The van der Waals surface area contributed by atoms with Crippen LogP contribution in [-0.4, -0.2) is 53.1 Å². The SMILES string of the molecule is COC(=O)[C@@]1(O)CC23C=CC[N+]4([O-])CC[C@@]5(c6ccccc6NC15C2C)C34. The highest BCUT2D eigenvalue weighted by Crippen LogP contribution is 2.81. The number of rotatable bonds is 1. The van der Waals surface area contributed by atoms with Gasteiger partial charge in [-0.15, -0.1) is 0 Å². The summed E-state index contributed by atoms with van der Waals surface area (Å²) in [4.78, 5) is 13.0. The molecular formula is C21H24N2O4. The first kappa shape index (κ1) is 16.1. The number of nitrogens with zero attached hydrogens (tertiary/aromatic N) is 1. The molecule has 3 spiro atoms. The van der Waals surface area contributed by atoms with E-state index in [4.69, 9.17) is 4.74 Å². The fourth-order valence-corrected chi connectivity index (χ4v) is 8.28. The number of hydroxylamine groups is 3. The summed E-state index contributed by atoms with van der Waals surface area (Å²) in [6, 6.07) is 7.83. The molecule has 0 amide bonds. The lowest BCUT2D eigenvalue weighted by Crippen LogP contribution is -2.73. The van der Waals surface area contributed by atoms with Gasteiger partial charge >= 0.3 is 5.97 Å². The van der Waals surface area contributed by atoms with Crippen LogP contribution in [0.25, 0.3) is 0 Å². The van der Waals surface area contributed by atoms with Crippen molar-refractivity contribution in [1.82, 2.24) is 0 Å². The van der Waals surface area contributed by atoms with E-state index in [1.807, 2.05) is 24.3 Å².